The summed E-state index contributed by atoms with van der Waals surface area (Å²) in [4.78, 5) is 10.5. The zero-order valence-electron chi connectivity index (χ0n) is 8.13. The summed E-state index contributed by atoms with van der Waals surface area (Å²) in [6, 6.07) is 2.51. The van der Waals surface area contributed by atoms with Crippen molar-refractivity contribution in [3.63, 3.8) is 0 Å². The molecule has 0 aliphatic rings. The van der Waals surface area contributed by atoms with Crippen LogP contribution in [0.5, 0.6) is 0 Å². The number of nitrogens with two attached hydrogens (primary N) is 1. The van der Waals surface area contributed by atoms with Gasteiger partial charge in [-0.25, -0.2) is 18.6 Å². The predicted octanol–water partition coefficient (Wildman–Crippen LogP) is 0.980. The summed E-state index contributed by atoms with van der Waals surface area (Å²) in [6.07, 6.45) is 0. The van der Waals surface area contributed by atoms with Crippen molar-refractivity contribution in [1.29, 1.82) is 0 Å². The summed E-state index contributed by atoms with van der Waals surface area (Å²) in [6.45, 7) is 0.106. The molecule has 4 nitrogen and oxygen atoms in total. The maximum Gasteiger partial charge on any atom is 0.326 e. The average Bonchev–Trinajstić information content (AvgIpc) is 2.08. The smallest absolute Gasteiger partial charge is 0.326 e. The number of carbonyl (C=O) groups excluding carboxylic acids is 1. The van der Waals surface area contributed by atoms with Gasteiger partial charge in [-0.2, -0.15) is 0 Å². The van der Waals surface area contributed by atoms with Crippen LogP contribution in [0.15, 0.2) is 18.2 Å². The summed E-state index contributed by atoms with van der Waals surface area (Å²) >= 11 is 0. The van der Waals surface area contributed by atoms with Crippen LogP contribution in [0.3, 0.4) is 0 Å². The molecule has 0 fully saturated rings. The Labute approximate surface area is 85.6 Å². The Morgan fingerprint density at radius 2 is 2.20 bits per heavy atom. The molecule has 0 aliphatic heterocycles. The summed E-state index contributed by atoms with van der Waals surface area (Å²) in [5.41, 5.74) is 7.38. The molecule has 0 aliphatic carbocycles. The number of nitrogens with zero attached hydrogens (tertiary/aromatic N) is 1. The number of carbonyl (C=O) groups is 1. The van der Waals surface area contributed by atoms with Gasteiger partial charge in [-0.15, -0.1) is 0 Å². The molecule has 0 radical (unpaired) electrons. The van der Waals surface area contributed by atoms with Crippen molar-refractivity contribution in [2.24, 2.45) is 5.73 Å². The van der Waals surface area contributed by atoms with Gasteiger partial charge in [0.05, 0.1) is 0 Å². The molecular formula is C9H11F2N3O. The number of benzene rings is 1. The molecule has 82 valence electrons. The van der Waals surface area contributed by atoms with Crippen molar-refractivity contribution in [1.82, 2.24) is 10.4 Å². The molecule has 0 heterocycles. The second-order valence-electron chi connectivity index (χ2n) is 3.07. The first-order valence-electron chi connectivity index (χ1n) is 4.20. The van der Waals surface area contributed by atoms with E-state index in [2.05, 4.69) is 5.43 Å². The van der Waals surface area contributed by atoms with Crippen LogP contribution in [-0.4, -0.2) is 18.1 Å². The number of amides is 2. The molecule has 0 saturated heterocycles. The quantitative estimate of drug-likeness (QED) is 0.738. The molecule has 0 unspecified atom stereocenters. The number of hydrogen-bond acceptors (Lipinski definition) is 2. The van der Waals surface area contributed by atoms with Crippen molar-refractivity contribution < 1.29 is 13.6 Å². The third-order valence-electron chi connectivity index (χ3n) is 1.72. The standard InChI is InChI=1S/C9H11F2N3O/c1-14(13-9(12)15)5-6-2-3-7(10)4-8(6)11/h2-4H,5H2,1H3,(H3,12,13,15). The summed E-state index contributed by atoms with van der Waals surface area (Å²) in [7, 11) is 1.52. The van der Waals surface area contributed by atoms with E-state index in [9.17, 15) is 13.6 Å². The Morgan fingerprint density at radius 3 is 2.73 bits per heavy atom. The lowest BCUT2D eigenvalue weighted by molar-refractivity contribution is 0.201. The van der Waals surface area contributed by atoms with Crippen LogP contribution in [-0.2, 0) is 6.54 Å². The van der Waals surface area contributed by atoms with E-state index >= 15 is 0 Å². The second kappa shape index (κ2) is 4.70. The number of rotatable bonds is 3. The molecule has 0 spiro atoms. The maximum atomic E-state index is 13.1. The van der Waals surface area contributed by atoms with Crippen LogP contribution in [0.4, 0.5) is 13.6 Å². The Bertz CT molecular complexity index is 370. The Kier molecular flexibility index (Phi) is 3.56. The van der Waals surface area contributed by atoms with Crippen molar-refractivity contribution in [2.45, 2.75) is 6.54 Å². The highest BCUT2D eigenvalue weighted by Crippen LogP contribution is 2.10. The number of hydrazine groups is 1. The van der Waals surface area contributed by atoms with Gasteiger partial charge in [0, 0.05) is 25.2 Å². The van der Waals surface area contributed by atoms with Gasteiger partial charge in [0.2, 0.25) is 0 Å². The van der Waals surface area contributed by atoms with Gasteiger partial charge in [-0.3, -0.25) is 5.43 Å². The van der Waals surface area contributed by atoms with Gasteiger partial charge in [-0.05, 0) is 6.07 Å². The largest absolute Gasteiger partial charge is 0.351 e. The van der Waals surface area contributed by atoms with E-state index in [1.807, 2.05) is 0 Å². The van der Waals surface area contributed by atoms with E-state index in [0.717, 1.165) is 12.1 Å². The van der Waals surface area contributed by atoms with E-state index in [1.54, 1.807) is 0 Å². The highest BCUT2D eigenvalue weighted by molar-refractivity contribution is 5.70. The topological polar surface area (TPSA) is 58.4 Å². The van der Waals surface area contributed by atoms with Crippen molar-refractivity contribution in [3.05, 3.63) is 35.4 Å². The molecule has 0 bridgehead atoms. The van der Waals surface area contributed by atoms with E-state index in [-0.39, 0.29) is 12.1 Å². The summed E-state index contributed by atoms with van der Waals surface area (Å²) in [5.74, 6) is -1.30. The van der Waals surface area contributed by atoms with Crippen molar-refractivity contribution in [3.8, 4) is 0 Å². The van der Waals surface area contributed by atoms with Crippen LogP contribution in [0.1, 0.15) is 5.56 Å². The van der Waals surface area contributed by atoms with Crippen molar-refractivity contribution in [2.75, 3.05) is 7.05 Å². The number of nitrogens with one attached hydrogen (secondary N) is 1. The first-order valence-corrected chi connectivity index (χ1v) is 4.20. The number of halogens is 2. The zero-order chi connectivity index (χ0) is 11.4. The lowest BCUT2D eigenvalue weighted by Crippen LogP contribution is -2.42. The van der Waals surface area contributed by atoms with Gasteiger partial charge in [0.1, 0.15) is 11.6 Å². The minimum absolute atomic E-state index is 0.106. The van der Waals surface area contributed by atoms with E-state index in [0.29, 0.717) is 0 Å². The molecule has 1 aromatic carbocycles. The summed E-state index contributed by atoms with van der Waals surface area (Å²) < 4.78 is 25.7. The highest BCUT2D eigenvalue weighted by Gasteiger charge is 2.07. The minimum Gasteiger partial charge on any atom is -0.351 e. The molecule has 1 aromatic rings. The molecular weight excluding hydrogens is 204 g/mol. The Balaban J connectivity index is 2.68. The van der Waals surface area contributed by atoms with Gasteiger partial charge in [0.15, 0.2) is 0 Å². The first kappa shape index (κ1) is 11.4. The number of urea groups is 1. The molecule has 2 amide bonds. The third-order valence-corrected chi connectivity index (χ3v) is 1.72. The van der Waals surface area contributed by atoms with E-state index < -0.39 is 17.7 Å². The molecule has 0 aromatic heterocycles. The monoisotopic (exact) mass is 215 g/mol. The van der Waals surface area contributed by atoms with Crippen LogP contribution in [0, 0.1) is 11.6 Å². The predicted molar refractivity (Wildman–Crippen MR) is 50.5 cm³/mol. The fraction of sp³-hybridized carbons (Fsp3) is 0.222. The average molecular weight is 215 g/mol. The SMILES string of the molecule is CN(Cc1ccc(F)cc1F)NC(N)=O. The first-order chi connectivity index (χ1) is 6.99. The molecule has 6 heteroatoms. The lowest BCUT2D eigenvalue weighted by atomic mass is 10.2. The van der Waals surface area contributed by atoms with E-state index in [1.165, 1.54) is 18.1 Å². The van der Waals surface area contributed by atoms with E-state index in [4.69, 9.17) is 5.73 Å². The fourth-order valence-corrected chi connectivity index (χ4v) is 1.13. The molecule has 0 atom stereocenters. The zero-order valence-corrected chi connectivity index (χ0v) is 8.13. The molecule has 0 saturated carbocycles. The van der Waals surface area contributed by atoms with Gasteiger partial charge in [-0.1, -0.05) is 6.07 Å². The Morgan fingerprint density at radius 1 is 1.53 bits per heavy atom. The van der Waals surface area contributed by atoms with Gasteiger partial charge in [0.25, 0.3) is 0 Å². The van der Waals surface area contributed by atoms with Crippen LogP contribution in [0.2, 0.25) is 0 Å². The number of primary amides is 1. The fourth-order valence-electron chi connectivity index (χ4n) is 1.13. The van der Waals surface area contributed by atoms with Crippen LogP contribution in [0.25, 0.3) is 0 Å². The number of hydrogen-bond donors (Lipinski definition) is 2. The highest BCUT2D eigenvalue weighted by atomic mass is 19.1. The Hall–Kier alpha value is -1.69. The maximum absolute atomic E-state index is 13.1. The van der Waals surface area contributed by atoms with Crippen molar-refractivity contribution >= 4 is 6.03 Å². The molecule has 3 N–H and O–H groups in total. The lowest BCUT2D eigenvalue weighted by Gasteiger charge is -2.16. The molecule has 15 heavy (non-hydrogen) atoms. The summed E-state index contributed by atoms with van der Waals surface area (Å²) in [5, 5.41) is 1.30. The molecule has 1 rings (SSSR count). The minimum atomic E-state index is -0.736. The second-order valence-corrected chi connectivity index (χ2v) is 3.07. The van der Waals surface area contributed by atoms with Gasteiger partial charge < -0.3 is 5.73 Å². The van der Waals surface area contributed by atoms with Crippen LogP contribution < -0.4 is 11.2 Å². The van der Waals surface area contributed by atoms with Gasteiger partial charge >= 0.3 is 6.03 Å². The van der Waals surface area contributed by atoms with Crippen LogP contribution >= 0.6 is 0 Å². The third kappa shape index (κ3) is 3.51. The normalized spacial score (nSPS) is 10.4.